The van der Waals surface area contributed by atoms with E-state index in [0.717, 1.165) is 6.42 Å². The van der Waals surface area contributed by atoms with E-state index in [2.05, 4.69) is 5.32 Å². The molecule has 1 rings (SSSR count). The number of para-hydroxylation sites is 1. The molecule has 0 saturated heterocycles. The lowest BCUT2D eigenvalue weighted by atomic mass is 10.1. The molecular weight excluding hydrogens is 184 g/mol. The first kappa shape index (κ1) is 11.0. The second kappa shape index (κ2) is 4.94. The van der Waals surface area contributed by atoms with E-state index in [1.807, 2.05) is 13.8 Å². The van der Waals surface area contributed by atoms with Crippen LogP contribution in [0.1, 0.15) is 20.3 Å². The van der Waals surface area contributed by atoms with Crippen molar-refractivity contribution in [2.45, 2.75) is 20.3 Å². The second-order valence-corrected chi connectivity index (χ2v) is 3.49. The van der Waals surface area contributed by atoms with E-state index in [1.165, 1.54) is 18.2 Å². The Morgan fingerprint density at radius 1 is 1.29 bits per heavy atom. The Morgan fingerprint density at radius 2 is 1.86 bits per heavy atom. The van der Waals surface area contributed by atoms with Gasteiger partial charge in [-0.15, -0.1) is 0 Å². The number of hydrogen-bond donors (Lipinski definition) is 1. The summed E-state index contributed by atoms with van der Waals surface area (Å²) in [5.74, 6) is -0.657. The largest absolute Gasteiger partial charge is 0.380 e. The lowest BCUT2D eigenvalue weighted by Crippen LogP contribution is -2.12. The molecule has 0 aliphatic rings. The van der Waals surface area contributed by atoms with Gasteiger partial charge in [-0.3, -0.25) is 0 Å². The number of halogens is 2. The molecule has 1 aromatic carbocycles. The summed E-state index contributed by atoms with van der Waals surface area (Å²) in [5.41, 5.74) is -0.0206. The van der Waals surface area contributed by atoms with E-state index in [9.17, 15) is 8.78 Å². The van der Waals surface area contributed by atoms with Crippen molar-refractivity contribution in [2.24, 2.45) is 5.92 Å². The highest BCUT2D eigenvalue weighted by Gasteiger charge is 2.08. The van der Waals surface area contributed by atoms with Gasteiger partial charge in [-0.05, 0) is 18.1 Å². The third kappa shape index (κ3) is 2.69. The van der Waals surface area contributed by atoms with Crippen LogP contribution in [0.3, 0.4) is 0 Å². The first-order chi connectivity index (χ1) is 6.65. The number of nitrogens with one attached hydrogen (secondary N) is 1. The normalized spacial score (nSPS) is 12.6. The van der Waals surface area contributed by atoms with Crippen LogP contribution >= 0.6 is 0 Å². The van der Waals surface area contributed by atoms with Crippen LogP contribution in [0, 0.1) is 17.6 Å². The Morgan fingerprint density at radius 3 is 2.36 bits per heavy atom. The average Bonchev–Trinajstić information content (AvgIpc) is 2.16. The molecule has 0 aliphatic carbocycles. The van der Waals surface area contributed by atoms with Crippen LogP contribution in [0.4, 0.5) is 14.5 Å². The predicted molar refractivity (Wildman–Crippen MR) is 54.3 cm³/mol. The van der Waals surface area contributed by atoms with Crippen molar-refractivity contribution in [1.82, 2.24) is 0 Å². The molecule has 0 saturated carbocycles. The Balaban J connectivity index is 2.66. The summed E-state index contributed by atoms with van der Waals surface area (Å²) in [4.78, 5) is 0. The van der Waals surface area contributed by atoms with Gasteiger partial charge in [-0.2, -0.15) is 0 Å². The predicted octanol–water partition coefficient (Wildman–Crippen LogP) is 3.42. The maximum atomic E-state index is 13.1. The molecular formula is C11H15F2N. The van der Waals surface area contributed by atoms with Crippen LogP contribution in [0.2, 0.25) is 0 Å². The zero-order valence-electron chi connectivity index (χ0n) is 8.48. The molecule has 0 amide bonds. The molecule has 0 spiro atoms. The van der Waals surface area contributed by atoms with Crippen molar-refractivity contribution >= 4 is 5.69 Å². The standard InChI is InChI=1S/C11H15F2N/c1-3-8(2)7-14-11-9(12)5-4-6-10(11)13/h4-6,8,14H,3,7H2,1-2H3/t8-/m0/s1. The first-order valence-electron chi connectivity index (χ1n) is 4.83. The summed E-state index contributed by atoms with van der Waals surface area (Å²) in [6.07, 6.45) is 0.989. The fourth-order valence-electron chi connectivity index (χ4n) is 1.09. The van der Waals surface area contributed by atoms with Crippen LogP contribution < -0.4 is 5.32 Å². The van der Waals surface area contributed by atoms with Gasteiger partial charge in [0, 0.05) is 6.54 Å². The van der Waals surface area contributed by atoms with Crippen LogP contribution in [-0.2, 0) is 0 Å². The van der Waals surface area contributed by atoms with Crippen LogP contribution in [0.15, 0.2) is 18.2 Å². The summed E-state index contributed by atoms with van der Waals surface area (Å²) in [6, 6.07) is 3.86. The van der Waals surface area contributed by atoms with Gasteiger partial charge in [0.25, 0.3) is 0 Å². The molecule has 0 unspecified atom stereocenters. The molecule has 1 atom stereocenters. The van der Waals surface area contributed by atoms with Crippen molar-refractivity contribution in [3.05, 3.63) is 29.8 Å². The molecule has 1 nitrogen and oxygen atoms in total. The number of benzene rings is 1. The van der Waals surface area contributed by atoms with Crippen molar-refractivity contribution < 1.29 is 8.78 Å². The molecule has 1 N–H and O–H groups in total. The molecule has 1 aromatic rings. The third-order valence-corrected chi connectivity index (χ3v) is 2.29. The highest BCUT2D eigenvalue weighted by Crippen LogP contribution is 2.18. The second-order valence-electron chi connectivity index (χ2n) is 3.49. The monoisotopic (exact) mass is 199 g/mol. The minimum absolute atomic E-state index is 0.0206. The zero-order chi connectivity index (χ0) is 10.6. The quantitative estimate of drug-likeness (QED) is 0.783. The van der Waals surface area contributed by atoms with Gasteiger partial charge in [0.1, 0.15) is 17.3 Å². The summed E-state index contributed by atoms with van der Waals surface area (Å²) >= 11 is 0. The van der Waals surface area contributed by atoms with Gasteiger partial charge in [-0.25, -0.2) is 8.78 Å². The van der Waals surface area contributed by atoms with Gasteiger partial charge >= 0.3 is 0 Å². The van der Waals surface area contributed by atoms with E-state index in [4.69, 9.17) is 0 Å². The first-order valence-corrected chi connectivity index (χ1v) is 4.83. The van der Waals surface area contributed by atoms with Crippen LogP contribution in [0.25, 0.3) is 0 Å². The van der Waals surface area contributed by atoms with E-state index in [-0.39, 0.29) is 5.69 Å². The van der Waals surface area contributed by atoms with Gasteiger partial charge in [0.15, 0.2) is 0 Å². The van der Waals surface area contributed by atoms with E-state index < -0.39 is 11.6 Å². The highest BCUT2D eigenvalue weighted by atomic mass is 19.1. The molecule has 0 aromatic heterocycles. The van der Waals surface area contributed by atoms with Crippen molar-refractivity contribution in [3.8, 4) is 0 Å². The molecule has 3 heteroatoms. The SMILES string of the molecule is CC[C@H](C)CNc1c(F)cccc1F. The minimum atomic E-state index is -0.534. The number of rotatable bonds is 4. The average molecular weight is 199 g/mol. The molecule has 0 aliphatic heterocycles. The smallest absolute Gasteiger partial charge is 0.149 e. The number of anilines is 1. The Bertz CT molecular complexity index is 279. The summed E-state index contributed by atoms with van der Waals surface area (Å²) < 4.78 is 26.2. The molecule has 14 heavy (non-hydrogen) atoms. The summed E-state index contributed by atoms with van der Waals surface area (Å²) in [7, 11) is 0. The van der Waals surface area contributed by atoms with E-state index in [1.54, 1.807) is 0 Å². The summed E-state index contributed by atoms with van der Waals surface area (Å²) in [6.45, 7) is 4.67. The zero-order valence-corrected chi connectivity index (χ0v) is 8.48. The van der Waals surface area contributed by atoms with Crippen LogP contribution in [0.5, 0.6) is 0 Å². The Labute approximate surface area is 83.1 Å². The van der Waals surface area contributed by atoms with Gasteiger partial charge in [0.2, 0.25) is 0 Å². The topological polar surface area (TPSA) is 12.0 Å². The lowest BCUT2D eigenvalue weighted by molar-refractivity contribution is 0.566. The molecule has 0 bridgehead atoms. The lowest BCUT2D eigenvalue weighted by Gasteiger charge is -2.12. The molecule has 0 fully saturated rings. The Hall–Kier alpha value is -1.12. The molecule has 0 heterocycles. The molecule has 0 radical (unpaired) electrons. The third-order valence-electron chi connectivity index (χ3n) is 2.29. The van der Waals surface area contributed by atoms with Crippen LogP contribution in [-0.4, -0.2) is 6.54 Å². The minimum Gasteiger partial charge on any atom is -0.380 e. The van der Waals surface area contributed by atoms with E-state index >= 15 is 0 Å². The van der Waals surface area contributed by atoms with Crippen molar-refractivity contribution in [3.63, 3.8) is 0 Å². The van der Waals surface area contributed by atoms with Gasteiger partial charge in [0.05, 0.1) is 0 Å². The molecule has 78 valence electrons. The van der Waals surface area contributed by atoms with Crippen molar-refractivity contribution in [1.29, 1.82) is 0 Å². The fourth-order valence-corrected chi connectivity index (χ4v) is 1.09. The Kier molecular flexibility index (Phi) is 3.86. The van der Waals surface area contributed by atoms with Gasteiger partial charge in [-0.1, -0.05) is 26.3 Å². The maximum Gasteiger partial charge on any atom is 0.149 e. The highest BCUT2D eigenvalue weighted by molar-refractivity contribution is 5.45. The summed E-state index contributed by atoms with van der Waals surface area (Å²) in [5, 5.41) is 2.78. The van der Waals surface area contributed by atoms with E-state index in [0.29, 0.717) is 12.5 Å². The maximum absolute atomic E-state index is 13.1. The number of hydrogen-bond acceptors (Lipinski definition) is 1. The van der Waals surface area contributed by atoms with Gasteiger partial charge < -0.3 is 5.32 Å². The van der Waals surface area contributed by atoms with Crippen molar-refractivity contribution in [2.75, 3.05) is 11.9 Å². The fraction of sp³-hybridized carbons (Fsp3) is 0.455.